The fourth-order valence-electron chi connectivity index (χ4n) is 3.16. The normalized spacial score (nSPS) is 12.2. The summed E-state index contributed by atoms with van der Waals surface area (Å²) in [5.41, 5.74) is 1.81. The summed E-state index contributed by atoms with van der Waals surface area (Å²) in [5.74, 6) is 0.0873. The molecule has 2 aromatic carbocycles. The summed E-state index contributed by atoms with van der Waals surface area (Å²) in [6, 6.07) is 16.5. The fraction of sp³-hybridized carbons (Fsp3) is 0.200. The highest BCUT2D eigenvalue weighted by molar-refractivity contribution is 5.84. The summed E-state index contributed by atoms with van der Waals surface area (Å²) in [6.07, 6.45) is 0.784. The number of fused-ring (bicyclic) bond motifs is 1. The van der Waals surface area contributed by atoms with Crippen LogP contribution in [0.1, 0.15) is 18.1 Å². The molecular weight excluding hydrogens is 359 g/mol. The van der Waals surface area contributed by atoms with Crippen LogP contribution in [0.3, 0.4) is 0 Å². The summed E-state index contributed by atoms with van der Waals surface area (Å²) in [6.45, 7) is 2.13. The molecule has 2 heterocycles. The van der Waals surface area contributed by atoms with Crippen LogP contribution in [0.15, 0.2) is 59.4 Å². The molecule has 1 unspecified atom stereocenters. The predicted molar refractivity (Wildman–Crippen MR) is 105 cm³/mol. The third-order valence-electron chi connectivity index (χ3n) is 4.49. The predicted octanol–water partition coefficient (Wildman–Crippen LogP) is 2.75. The Bertz CT molecular complexity index is 1150. The van der Waals surface area contributed by atoms with Gasteiger partial charge in [-0.25, -0.2) is 14.2 Å². The van der Waals surface area contributed by atoms with E-state index in [1.807, 2.05) is 25.1 Å². The van der Waals surface area contributed by atoms with Crippen molar-refractivity contribution in [2.24, 2.45) is 0 Å². The SMILES string of the molecule is CC(Cc1ccccc1)Nc1n[nH]c(=O)c2c1nnn2Cc1ccccc1F. The van der Waals surface area contributed by atoms with Gasteiger partial charge < -0.3 is 5.32 Å². The molecule has 142 valence electrons. The topological polar surface area (TPSA) is 88.5 Å². The van der Waals surface area contributed by atoms with Crippen LogP contribution < -0.4 is 10.9 Å². The number of hydrogen-bond donors (Lipinski definition) is 2. The van der Waals surface area contributed by atoms with Gasteiger partial charge in [0, 0.05) is 11.6 Å². The summed E-state index contributed by atoms with van der Waals surface area (Å²) >= 11 is 0. The molecule has 2 aromatic heterocycles. The van der Waals surface area contributed by atoms with Crippen molar-refractivity contribution < 1.29 is 4.39 Å². The number of H-pyrrole nitrogens is 1. The third-order valence-corrected chi connectivity index (χ3v) is 4.49. The first-order chi connectivity index (χ1) is 13.6. The number of nitrogens with one attached hydrogen (secondary N) is 2. The Kier molecular flexibility index (Phi) is 4.84. The van der Waals surface area contributed by atoms with Gasteiger partial charge in [0.2, 0.25) is 0 Å². The Balaban J connectivity index is 1.62. The lowest BCUT2D eigenvalue weighted by Crippen LogP contribution is -2.22. The minimum absolute atomic E-state index is 0.0562. The lowest BCUT2D eigenvalue weighted by Gasteiger charge is -2.14. The Morgan fingerprint density at radius 3 is 2.68 bits per heavy atom. The Morgan fingerprint density at radius 1 is 1.14 bits per heavy atom. The van der Waals surface area contributed by atoms with E-state index >= 15 is 0 Å². The van der Waals surface area contributed by atoms with E-state index in [4.69, 9.17) is 0 Å². The molecule has 0 aliphatic carbocycles. The van der Waals surface area contributed by atoms with Crippen LogP contribution in [0.2, 0.25) is 0 Å². The molecule has 8 heteroatoms. The van der Waals surface area contributed by atoms with E-state index in [0.717, 1.165) is 6.42 Å². The molecule has 0 bridgehead atoms. The molecule has 7 nitrogen and oxygen atoms in total. The summed E-state index contributed by atoms with van der Waals surface area (Å²) in [4.78, 5) is 12.3. The largest absolute Gasteiger partial charge is 0.364 e. The van der Waals surface area contributed by atoms with Gasteiger partial charge >= 0.3 is 0 Å². The van der Waals surface area contributed by atoms with E-state index in [9.17, 15) is 9.18 Å². The summed E-state index contributed by atoms with van der Waals surface area (Å²) in [5, 5.41) is 18.0. The number of halogens is 1. The van der Waals surface area contributed by atoms with Gasteiger partial charge in [-0.2, -0.15) is 5.10 Å². The van der Waals surface area contributed by atoms with Crippen LogP contribution >= 0.6 is 0 Å². The van der Waals surface area contributed by atoms with Crippen LogP contribution in [-0.2, 0) is 13.0 Å². The van der Waals surface area contributed by atoms with Crippen molar-refractivity contribution in [1.82, 2.24) is 25.2 Å². The van der Waals surface area contributed by atoms with Crippen molar-refractivity contribution in [3.8, 4) is 0 Å². The Labute approximate surface area is 160 Å². The molecule has 0 saturated carbocycles. The Hall–Kier alpha value is -3.55. The lowest BCUT2D eigenvalue weighted by molar-refractivity contribution is 0.583. The number of hydrogen-bond acceptors (Lipinski definition) is 5. The zero-order valence-electron chi connectivity index (χ0n) is 15.3. The van der Waals surface area contributed by atoms with Crippen LogP contribution in [0.5, 0.6) is 0 Å². The van der Waals surface area contributed by atoms with Crippen LogP contribution in [0.4, 0.5) is 10.2 Å². The van der Waals surface area contributed by atoms with Gasteiger partial charge in [-0.3, -0.25) is 4.79 Å². The molecule has 0 radical (unpaired) electrons. The molecule has 0 fully saturated rings. The monoisotopic (exact) mass is 378 g/mol. The second-order valence-electron chi connectivity index (χ2n) is 6.67. The average Bonchev–Trinajstić information content (AvgIpc) is 3.11. The highest BCUT2D eigenvalue weighted by Gasteiger charge is 2.17. The average molecular weight is 378 g/mol. The van der Waals surface area contributed by atoms with Gasteiger partial charge in [-0.1, -0.05) is 53.7 Å². The van der Waals surface area contributed by atoms with E-state index in [0.29, 0.717) is 16.9 Å². The quantitative estimate of drug-likeness (QED) is 0.539. The van der Waals surface area contributed by atoms with Crippen LogP contribution in [0, 0.1) is 5.82 Å². The van der Waals surface area contributed by atoms with Crippen LogP contribution in [-0.4, -0.2) is 31.2 Å². The lowest BCUT2D eigenvalue weighted by atomic mass is 10.1. The summed E-state index contributed by atoms with van der Waals surface area (Å²) < 4.78 is 15.4. The van der Waals surface area contributed by atoms with Gasteiger partial charge in [0.1, 0.15) is 5.82 Å². The van der Waals surface area contributed by atoms with E-state index in [1.54, 1.807) is 18.2 Å². The van der Waals surface area contributed by atoms with Crippen molar-refractivity contribution in [1.29, 1.82) is 0 Å². The highest BCUT2D eigenvalue weighted by atomic mass is 19.1. The molecule has 0 spiro atoms. The molecule has 4 aromatic rings. The number of anilines is 1. The number of aromatic nitrogens is 5. The second-order valence-corrected chi connectivity index (χ2v) is 6.67. The molecule has 0 saturated heterocycles. The van der Waals surface area contributed by atoms with Crippen molar-refractivity contribution >= 4 is 16.9 Å². The summed E-state index contributed by atoms with van der Waals surface area (Å²) in [7, 11) is 0. The van der Waals surface area contributed by atoms with E-state index < -0.39 is 5.56 Å². The second kappa shape index (κ2) is 7.59. The molecule has 0 amide bonds. The zero-order valence-corrected chi connectivity index (χ0v) is 15.3. The van der Waals surface area contributed by atoms with Crippen molar-refractivity contribution in [3.63, 3.8) is 0 Å². The van der Waals surface area contributed by atoms with Gasteiger partial charge in [-0.05, 0) is 25.0 Å². The maximum Gasteiger partial charge on any atom is 0.292 e. The first-order valence-electron chi connectivity index (χ1n) is 8.97. The standard InChI is InChI=1S/C20H19FN6O/c1-13(11-14-7-3-2-4-8-14)22-19-17-18(20(28)25-24-19)27(26-23-17)12-15-9-5-6-10-16(15)21/h2-10,13H,11-12H2,1H3,(H,22,24)(H,25,28). The molecule has 2 N–H and O–H groups in total. The number of aromatic amines is 1. The number of rotatable bonds is 6. The van der Waals surface area contributed by atoms with Crippen molar-refractivity contribution in [2.75, 3.05) is 5.32 Å². The first-order valence-corrected chi connectivity index (χ1v) is 8.97. The molecule has 28 heavy (non-hydrogen) atoms. The first kappa shape index (κ1) is 17.8. The molecule has 0 aliphatic rings. The van der Waals surface area contributed by atoms with Crippen molar-refractivity contribution in [2.45, 2.75) is 25.9 Å². The van der Waals surface area contributed by atoms with Gasteiger partial charge in [-0.15, -0.1) is 5.10 Å². The van der Waals surface area contributed by atoms with Gasteiger partial charge in [0.15, 0.2) is 16.9 Å². The minimum atomic E-state index is -0.419. The smallest absolute Gasteiger partial charge is 0.292 e. The van der Waals surface area contributed by atoms with Gasteiger partial charge in [0.05, 0.1) is 6.54 Å². The van der Waals surface area contributed by atoms with E-state index in [1.165, 1.54) is 16.3 Å². The Morgan fingerprint density at radius 2 is 1.89 bits per heavy atom. The molecule has 1 atom stereocenters. The van der Waals surface area contributed by atoms with E-state index in [-0.39, 0.29) is 23.9 Å². The maximum absolute atomic E-state index is 14.0. The van der Waals surface area contributed by atoms with E-state index in [2.05, 4.69) is 38.0 Å². The molecular formula is C20H19FN6O. The number of nitrogens with zero attached hydrogens (tertiary/aromatic N) is 4. The van der Waals surface area contributed by atoms with Crippen LogP contribution in [0.25, 0.3) is 11.0 Å². The number of benzene rings is 2. The third kappa shape index (κ3) is 3.62. The fourth-order valence-corrected chi connectivity index (χ4v) is 3.16. The molecule has 0 aliphatic heterocycles. The maximum atomic E-state index is 14.0. The van der Waals surface area contributed by atoms with Gasteiger partial charge in [0.25, 0.3) is 5.56 Å². The zero-order chi connectivity index (χ0) is 19.5. The minimum Gasteiger partial charge on any atom is -0.364 e. The highest BCUT2D eigenvalue weighted by Crippen LogP contribution is 2.18. The van der Waals surface area contributed by atoms with Crippen molar-refractivity contribution in [3.05, 3.63) is 81.9 Å². The molecule has 4 rings (SSSR count).